The summed E-state index contributed by atoms with van der Waals surface area (Å²) in [5.41, 5.74) is 3.47. The monoisotopic (exact) mass is 362 g/mol. The van der Waals surface area contributed by atoms with Crippen LogP contribution in [0.2, 0.25) is 0 Å². The second-order valence-electron chi connectivity index (χ2n) is 6.08. The molecule has 0 saturated heterocycles. The number of hydrogen-bond donors (Lipinski definition) is 1. The number of rotatable bonds is 7. The van der Waals surface area contributed by atoms with Crippen molar-refractivity contribution in [3.63, 3.8) is 0 Å². The summed E-state index contributed by atoms with van der Waals surface area (Å²) in [4.78, 5) is 16.5. The molecule has 0 radical (unpaired) electrons. The molecule has 26 heavy (non-hydrogen) atoms. The van der Waals surface area contributed by atoms with Gasteiger partial charge >= 0.3 is 0 Å². The van der Waals surface area contributed by atoms with Gasteiger partial charge in [-0.15, -0.1) is 11.8 Å². The van der Waals surface area contributed by atoms with Crippen LogP contribution in [0.15, 0.2) is 85.2 Å². The molecular formula is C22H22N2OS. The van der Waals surface area contributed by atoms with Crippen molar-refractivity contribution in [2.45, 2.75) is 18.2 Å². The number of nitrogens with zero attached hydrogens (tertiary/aromatic N) is 1. The molecule has 0 fully saturated rings. The minimum absolute atomic E-state index is 0.0296. The predicted octanol–water partition coefficient (Wildman–Crippen LogP) is 4.78. The van der Waals surface area contributed by atoms with E-state index in [9.17, 15) is 4.79 Å². The molecule has 0 bridgehead atoms. The van der Waals surface area contributed by atoms with Crippen molar-refractivity contribution in [1.82, 2.24) is 10.3 Å². The van der Waals surface area contributed by atoms with Gasteiger partial charge in [0.1, 0.15) is 0 Å². The third kappa shape index (κ3) is 4.96. The Balaban J connectivity index is 1.65. The zero-order chi connectivity index (χ0) is 18.2. The lowest BCUT2D eigenvalue weighted by Crippen LogP contribution is -2.28. The third-order valence-corrected chi connectivity index (χ3v) is 5.48. The molecule has 0 saturated carbocycles. The Kier molecular flexibility index (Phi) is 6.45. The van der Waals surface area contributed by atoms with E-state index in [0.29, 0.717) is 5.75 Å². The summed E-state index contributed by atoms with van der Waals surface area (Å²) in [6, 6.07) is 24.5. The van der Waals surface area contributed by atoms with Gasteiger partial charge in [0, 0.05) is 12.4 Å². The van der Waals surface area contributed by atoms with Crippen LogP contribution in [-0.2, 0) is 4.79 Å². The van der Waals surface area contributed by atoms with Crippen molar-refractivity contribution < 1.29 is 4.79 Å². The van der Waals surface area contributed by atoms with Crippen molar-refractivity contribution in [3.8, 4) is 0 Å². The smallest absolute Gasteiger partial charge is 0.230 e. The molecule has 3 aromatic rings. The first-order valence-electron chi connectivity index (χ1n) is 8.65. The fraction of sp³-hybridized carbons (Fsp3) is 0.182. The number of hydrogen-bond acceptors (Lipinski definition) is 3. The Morgan fingerprint density at radius 3 is 1.96 bits per heavy atom. The van der Waals surface area contributed by atoms with Crippen molar-refractivity contribution >= 4 is 17.7 Å². The van der Waals surface area contributed by atoms with E-state index in [0.717, 1.165) is 5.56 Å². The summed E-state index contributed by atoms with van der Waals surface area (Å²) < 4.78 is 0. The number of nitrogens with one attached hydrogen (secondary N) is 1. The summed E-state index contributed by atoms with van der Waals surface area (Å²) in [5.74, 6) is 0.445. The average Bonchev–Trinajstić information content (AvgIpc) is 2.70. The first-order chi connectivity index (χ1) is 12.7. The van der Waals surface area contributed by atoms with Gasteiger partial charge in [-0.3, -0.25) is 9.78 Å². The highest BCUT2D eigenvalue weighted by atomic mass is 32.2. The lowest BCUT2D eigenvalue weighted by Gasteiger charge is -2.19. The van der Waals surface area contributed by atoms with Crippen LogP contribution in [0.25, 0.3) is 0 Å². The second kappa shape index (κ2) is 9.20. The summed E-state index contributed by atoms with van der Waals surface area (Å²) >= 11 is 1.65. The standard InChI is InChI=1S/C22H22N2OS/c1-17(18-12-14-23-15-13-18)24-21(25)16-26-22(19-8-4-2-5-9-19)20-10-6-3-7-11-20/h2-15,17,22H,16H2,1H3,(H,24,25)/t17-/m1/s1. The summed E-state index contributed by atoms with van der Waals surface area (Å²) in [7, 11) is 0. The van der Waals surface area contributed by atoms with Crippen molar-refractivity contribution in [1.29, 1.82) is 0 Å². The molecule has 0 spiro atoms. The largest absolute Gasteiger partial charge is 0.349 e. The highest BCUT2D eigenvalue weighted by Gasteiger charge is 2.17. The van der Waals surface area contributed by atoms with Gasteiger partial charge < -0.3 is 5.32 Å². The van der Waals surface area contributed by atoms with Gasteiger partial charge in [0.05, 0.1) is 17.0 Å². The number of benzene rings is 2. The Labute approximate surface area is 158 Å². The van der Waals surface area contributed by atoms with E-state index in [4.69, 9.17) is 0 Å². The van der Waals surface area contributed by atoms with E-state index in [1.54, 1.807) is 24.2 Å². The van der Waals surface area contributed by atoms with Gasteiger partial charge in [-0.25, -0.2) is 0 Å². The van der Waals surface area contributed by atoms with Crippen LogP contribution in [0.4, 0.5) is 0 Å². The molecule has 0 unspecified atom stereocenters. The van der Waals surface area contributed by atoms with Crippen LogP contribution in [0, 0.1) is 0 Å². The van der Waals surface area contributed by atoms with Gasteiger partial charge in [-0.2, -0.15) is 0 Å². The van der Waals surface area contributed by atoms with Crippen molar-refractivity contribution in [2.24, 2.45) is 0 Å². The quantitative estimate of drug-likeness (QED) is 0.657. The fourth-order valence-electron chi connectivity index (χ4n) is 2.82. The Hall–Kier alpha value is -2.59. The van der Waals surface area contributed by atoms with Crippen LogP contribution in [0.3, 0.4) is 0 Å². The molecule has 1 atom stereocenters. The summed E-state index contributed by atoms with van der Waals surface area (Å²) in [5, 5.41) is 3.21. The number of carbonyl (C=O) groups excluding carboxylic acids is 1. The van der Waals surface area contributed by atoms with Crippen LogP contribution in [0.5, 0.6) is 0 Å². The molecule has 4 heteroatoms. The topological polar surface area (TPSA) is 42.0 Å². The molecule has 0 aliphatic heterocycles. The summed E-state index contributed by atoms with van der Waals surface area (Å²) in [6.45, 7) is 1.99. The molecule has 1 aromatic heterocycles. The number of thioether (sulfide) groups is 1. The molecule has 1 amide bonds. The number of carbonyl (C=O) groups is 1. The van der Waals surface area contributed by atoms with Gasteiger partial charge in [-0.05, 0) is 35.7 Å². The minimum Gasteiger partial charge on any atom is -0.349 e. The lowest BCUT2D eigenvalue weighted by atomic mass is 10.0. The number of amides is 1. The SMILES string of the molecule is C[C@@H](NC(=O)CSC(c1ccccc1)c1ccccc1)c1ccncc1. The highest BCUT2D eigenvalue weighted by molar-refractivity contribution is 8.00. The zero-order valence-electron chi connectivity index (χ0n) is 14.7. The molecule has 1 N–H and O–H groups in total. The van der Waals surface area contributed by atoms with Crippen LogP contribution >= 0.6 is 11.8 Å². The molecule has 3 nitrogen and oxygen atoms in total. The minimum atomic E-state index is -0.0296. The van der Waals surface area contributed by atoms with Gasteiger partial charge in [-0.1, -0.05) is 60.7 Å². The maximum atomic E-state index is 12.4. The Bertz CT molecular complexity index is 770. The van der Waals surface area contributed by atoms with Crippen LogP contribution in [0.1, 0.15) is 34.9 Å². The molecule has 132 valence electrons. The van der Waals surface area contributed by atoms with E-state index in [-0.39, 0.29) is 17.2 Å². The van der Waals surface area contributed by atoms with Crippen molar-refractivity contribution in [2.75, 3.05) is 5.75 Å². The van der Waals surface area contributed by atoms with Crippen LogP contribution < -0.4 is 5.32 Å². The Morgan fingerprint density at radius 2 is 1.42 bits per heavy atom. The maximum Gasteiger partial charge on any atom is 0.230 e. The van der Waals surface area contributed by atoms with Gasteiger partial charge in [0.2, 0.25) is 5.91 Å². The van der Waals surface area contributed by atoms with Gasteiger partial charge in [0.25, 0.3) is 0 Å². The highest BCUT2D eigenvalue weighted by Crippen LogP contribution is 2.35. The zero-order valence-corrected chi connectivity index (χ0v) is 15.5. The molecule has 0 aliphatic carbocycles. The molecule has 0 aliphatic rings. The predicted molar refractivity (Wildman–Crippen MR) is 108 cm³/mol. The average molecular weight is 362 g/mol. The summed E-state index contributed by atoms with van der Waals surface area (Å²) in [6.07, 6.45) is 3.49. The molecule has 2 aromatic carbocycles. The second-order valence-corrected chi connectivity index (χ2v) is 7.18. The lowest BCUT2D eigenvalue weighted by molar-refractivity contribution is -0.119. The Morgan fingerprint density at radius 1 is 0.885 bits per heavy atom. The molecule has 3 rings (SSSR count). The van der Waals surface area contributed by atoms with E-state index in [1.165, 1.54) is 11.1 Å². The molecule has 1 heterocycles. The maximum absolute atomic E-state index is 12.4. The van der Waals surface area contributed by atoms with E-state index in [1.807, 2.05) is 55.5 Å². The van der Waals surface area contributed by atoms with Crippen molar-refractivity contribution in [3.05, 3.63) is 102 Å². The van der Waals surface area contributed by atoms with E-state index < -0.39 is 0 Å². The molecular weight excluding hydrogens is 340 g/mol. The first kappa shape index (κ1) is 18.2. The fourth-order valence-corrected chi connectivity index (χ4v) is 3.92. The first-order valence-corrected chi connectivity index (χ1v) is 9.69. The normalized spacial score (nSPS) is 11.9. The van der Waals surface area contributed by atoms with Crippen LogP contribution in [-0.4, -0.2) is 16.6 Å². The number of aromatic nitrogens is 1. The number of pyridine rings is 1. The third-order valence-electron chi connectivity index (χ3n) is 4.17. The van der Waals surface area contributed by atoms with E-state index in [2.05, 4.69) is 34.6 Å². The van der Waals surface area contributed by atoms with Gasteiger partial charge in [0.15, 0.2) is 0 Å². The van der Waals surface area contributed by atoms with E-state index >= 15 is 0 Å².